The molecule has 0 amide bonds. The SMILES string of the molecule is Cc1cnc(OC(C)N)c2cccc(S(=O)(=O)N3CCCNCC3)c12. The highest BCUT2D eigenvalue weighted by Gasteiger charge is 2.28. The zero-order valence-electron chi connectivity index (χ0n) is 14.5. The number of pyridine rings is 1. The average Bonchev–Trinajstić information content (AvgIpc) is 2.86. The number of benzene rings is 1. The number of rotatable bonds is 4. The largest absolute Gasteiger partial charge is 0.459 e. The molecule has 0 saturated carbocycles. The molecule has 1 aromatic heterocycles. The number of aryl methyl sites for hydroxylation is 1. The van der Waals surface area contributed by atoms with E-state index in [0.29, 0.717) is 41.2 Å². The summed E-state index contributed by atoms with van der Waals surface area (Å²) in [5.41, 5.74) is 6.51. The Morgan fingerprint density at radius 2 is 2.12 bits per heavy atom. The molecule has 0 spiro atoms. The van der Waals surface area contributed by atoms with Gasteiger partial charge in [0, 0.05) is 36.6 Å². The van der Waals surface area contributed by atoms with Crippen molar-refractivity contribution >= 4 is 20.8 Å². The van der Waals surface area contributed by atoms with Crippen molar-refractivity contribution in [3.63, 3.8) is 0 Å². The summed E-state index contributed by atoms with van der Waals surface area (Å²) in [6.07, 6.45) is 1.89. The van der Waals surface area contributed by atoms with Gasteiger partial charge in [0.15, 0.2) is 0 Å². The molecule has 136 valence electrons. The summed E-state index contributed by atoms with van der Waals surface area (Å²) in [6, 6.07) is 5.19. The Morgan fingerprint density at radius 3 is 2.88 bits per heavy atom. The fourth-order valence-electron chi connectivity index (χ4n) is 3.09. The number of nitrogens with one attached hydrogen (secondary N) is 1. The van der Waals surface area contributed by atoms with Gasteiger partial charge in [-0.25, -0.2) is 13.4 Å². The summed E-state index contributed by atoms with van der Waals surface area (Å²) in [7, 11) is -3.60. The molecule has 0 aliphatic carbocycles. The molecule has 1 fully saturated rings. The van der Waals surface area contributed by atoms with Crippen molar-refractivity contribution in [2.24, 2.45) is 5.73 Å². The van der Waals surface area contributed by atoms with Gasteiger partial charge in [-0.05, 0) is 44.5 Å². The number of ether oxygens (including phenoxy) is 1. The number of sulfonamides is 1. The van der Waals surface area contributed by atoms with Crippen LogP contribution in [0.5, 0.6) is 5.88 Å². The van der Waals surface area contributed by atoms with Crippen LogP contribution in [0.25, 0.3) is 10.8 Å². The summed E-state index contributed by atoms with van der Waals surface area (Å²) < 4.78 is 33.6. The quantitative estimate of drug-likeness (QED) is 0.792. The van der Waals surface area contributed by atoms with Crippen LogP contribution in [0.1, 0.15) is 18.9 Å². The second-order valence-corrected chi connectivity index (χ2v) is 8.16. The van der Waals surface area contributed by atoms with Crippen LogP contribution in [-0.4, -0.2) is 50.1 Å². The summed E-state index contributed by atoms with van der Waals surface area (Å²) in [5.74, 6) is 0.352. The number of fused-ring (bicyclic) bond motifs is 1. The first-order valence-corrected chi connectivity index (χ1v) is 9.86. The van der Waals surface area contributed by atoms with Crippen molar-refractivity contribution in [1.29, 1.82) is 0 Å². The van der Waals surface area contributed by atoms with Gasteiger partial charge >= 0.3 is 0 Å². The van der Waals surface area contributed by atoms with Gasteiger partial charge in [0.05, 0.1) is 4.90 Å². The van der Waals surface area contributed by atoms with Crippen LogP contribution in [0.4, 0.5) is 0 Å². The van der Waals surface area contributed by atoms with E-state index in [2.05, 4.69) is 10.3 Å². The van der Waals surface area contributed by atoms with Crippen LogP contribution < -0.4 is 15.8 Å². The van der Waals surface area contributed by atoms with Crippen LogP contribution in [0.2, 0.25) is 0 Å². The van der Waals surface area contributed by atoms with E-state index in [4.69, 9.17) is 10.5 Å². The monoisotopic (exact) mass is 364 g/mol. The van der Waals surface area contributed by atoms with Crippen molar-refractivity contribution < 1.29 is 13.2 Å². The Bertz CT molecular complexity index is 860. The summed E-state index contributed by atoms with van der Waals surface area (Å²) in [6.45, 7) is 6.03. The average molecular weight is 364 g/mol. The second kappa shape index (κ2) is 7.25. The number of aromatic nitrogens is 1. The Morgan fingerprint density at radius 1 is 1.32 bits per heavy atom. The Kier molecular flexibility index (Phi) is 5.24. The lowest BCUT2D eigenvalue weighted by Crippen LogP contribution is -2.34. The van der Waals surface area contributed by atoms with Crippen LogP contribution >= 0.6 is 0 Å². The van der Waals surface area contributed by atoms with Crippen molar-refractivity contribution in [2.45, 2.75) is 31.4 Å². The molecule has 2 heterocycles. The molecular weight excluding hydrogens is 340 g/mol. The molecule has 25 heavy (non-hydrogen) atoms. The molecule has 1 aliphatic heterocycles. The lowest BCUT2D eigenvalue weighted by Gasteiger charge is -2.21. The van der Waals surface area contributed by atoms with Crippen molar-refractivity contribution in [3.05, 3.63) is 30.0 Å². The minimum Gasteiger partial charge on any atom is -0.459 e. The molecule has 2 aromatic rings. The maximum absolute atomic E-state index is 13.3. The molecule has 1 atom stereocenters. The van der Waals surface area contributed by atoms with E-state index < -0.39 is 16.3 Å². The van der Waals surface area contributed by atoms with Gasteiger partial charge in [-0.2, -0.15) is 4.31 Å². The van der Waals surface area contributed by atoms with Crippen LogP contribution in [0.15, 0.2) is 29.3 Å². The van der Waals surface area contributed by atoms with Gasteiger partial charge in [-0.3, -0.25) is 5.73 Å². The van der Waals surface area contributed by atoms with Gasteiger partial charge in [0.25, 0.3) is 0 Å². The zero-order chi connectivity index (χ0) is 18.0. The van der Waals surface area contributed by atoms with Gasteiger partial charge in [0.1, 0.15) is 6.23 Å². The Balaban J connectivity index is 2.16. The molecule has 1 saturated heterocycles. The fourth-order valence-corrected chi connectivity index (χ4v) is 4.85. The first-order valence-electron chi connectivity index (χ1n) is 8.42. The Hall–Kier alpha value is -1.74. The molecule has 1 aromatic carbocycles. The number of nitrogens with two attached hydrogens (primary N) is 1. The second-order valence-electron chi connectivity index (χ2n) is 6.26. The standard InChI is InChI=1S/C17H24N4O3S/c1-12-11-20-17(24-13(2)18)14-5-3-6-15(16(12)14)25(22,23)21-9-4-7-19-8-10-21/h3,5-6,11,13,19H,4,7-10,18H2,1-2H3. The van der Waals surface area contributed by atoms with E-state index in [1.807, 2.05) is 13.0 Å². The van der Waals surface area contributed by atoms with E-state index in [9.17, 15) is 8.42 Å². The van der Waals surface area contributed by atoms with Crippen molar-refractivity contribution in [2.75, 3.05) is 26.2 Å². The molecule has 0 radical (unpaired) electrons. The molecule has 8 heteroatoms. The molecule has 1 aliphatic rings. The highest BCUT2D eigenvalue weighted by Crippen LogP contribution is 2.33. The summed E-state index contributed by atoms with van der Waals surface area (Å²) in [4.78, 5) is 4.57. The molecule has 3 N–H and O–H groups in total. The maximum Gasteiger partial charge on any atom is 0.243 e. The molecule has 7 nitrogen and oxygen atoms in total. The summed E-state index contributed by atoms with van der Waals surface area (Å²) >= 11 is 0. The molecule has 3 rings (SSSR count). The maximum atomic E-state index is 13.3. The van der Waals surface area contributed by atoms with Crippen molar-refractivity contribution in [3.8, 4) is 5.88 Å². The highest BCUT2D eigenvalue weighted by molar-refractivity contribution is 7.89. The number of hydrogen-bond acceptors (Lipinski definition) is 6. The highest BCUT2D eigenvalue weighted by atomic mass is 32.2. The third-order valence-electron chi connectivity index (χ3n) is 4.24. The predicted octanol–water partition coefficient (Wildman–Crippen LogP) is 1.21. The minimum atomic E-state index is -3.60. The summed E-state index contributed by atoms with van der Waals surface area (Å²) in [5, 5.41) is 4.53. The minimum absolute atomic E-state index is 0.293. The lowest BCUT2D eigenvalue weighted by molar-refractivity contribution is 0.224. The topological polar surface area (TPSA) is 97.5 Å². The first-order chi connectivity index (χ1) is 11.9. The number of nitrogens with zero attached hydrogens (tertiary/aromatic N) is 2. The van der Waals surface area contributed by atoms with E-state index in [0.717, 1.165) is 18.5 Å². The third-order valence-corrected chi connectivity index (χ3v) is 6.18. The van der Waals surface area contributed by atoms with E-state index >= 15 is 0 Å². The first kappa shape index (κ1) is 18.1. The predicted molar refractivity (Wildman–Crippen MR) is 97.0 cm³/mol. The van der Waals surface area contributed by atoms with Crippen molar-refractivity contribution in [1.82, 2.24) is 14.6 Å². The number of hydrogen-bond donors (Lipinski definition) is 2. The van der Waals surface area contributed by atoms with Gasteiger partial charge < -0.3 is 10.1 Å². The van der Waals surface area contributed by atoms with E-state index in [1.165, 1.54) is 0 Å². The van der Waals surface area contributed by atoms with E-state index in [1.54, 1.807) is 29.6 Å². The van der Waals surface area contributed by atoms with Crippen LogP contribution in [0.3, 0.4) is 0 Å². The van der Waals surface area contributed by atoms with Crippen LogP contribution in [0, 0.1) is 6.92 Å². The zero-order valence-corrected chi connectivity index (χ0v) is 15.3. The smallest absolute Gasteiger partial charge is 0.243 e. The van der Waals surface area contributed by atoms with Gasteiger partial charge in [-0.15, -0.1) is 0 Å². The molecule has 0 bridgehead atoms. The lowest BCUT2D eigenvalue weighted by atomic mass is 10.1. The van der Waals surface area contributed by atoms with Crippen LogP contribution in [-0.2, 0) is 10.0 Å². The van der Waals surface area contributed by atoms with E-state index in [-0.39, 0.29) is 0 Å². The fraction of sp³-hybridized carbons (Fsp3) is 0.471. The third kappa shape index (κ3) is 3.62. The molecule has 1 unspecified atom stereocenters. The molecular formula is C17H24N4O3S. The Labute approximate surface area is 148 Å². The normalized spacial score (nSPS) is 18.0. The van der Waals surface area contributed by atoms with Gasteiger partial charge in [0.2, 0.25) is 15.9 Å². The van der Waals surface area contributed by atoms with Gasteiger partial charge in [-0.1, -0.05) is 6.07 Å².